The predicted octanol–water partition coefficient (Wildman–Crippen LogP) is 3.50. The summed E-state index contributed by atoms with van der Waals surface area (Å²) in [5.41, 5.74) is 5.27. The zero-order valence-corrected chi connectivity index (χ0v) is 21.8. The molecule has 11 nitrogen and oxygen atoms in total. The molecule has 12 heteroatoms. The number of unbranched alkanes of at least 4 members (excludes halogenated alkanes) is 1. The summed E-state index contributed by atoms with van der Waals surface area (Å²) < 4.78 is 9.87. The highest BCUT2D eigenvalue weighted by atomic mass is 32.2. The highest BCUT2D eigenvalue weighted by Gasteiger charge is 2.32. The Morgan fingerprint density at radius 2 is 2.08 bits per heavy atom. The largest absolute Gasteiger partial charge is 0.496 e. The lowest BCUT2D eigenvalue weighted by molar-refractivity contribution is 0.0793. The molecule has 1 aromatic rings. The van der Waals surface area contributed by atoms with Crippen molar-refractivity contribution in [1.29, 1.82) is 0 Å². The van der Waals surface area contributed by atoms with Gasteiger partial charge in [-0.2, -0.15) is 19.4 Å². The van der Waals surface area contributed by atoms with Crippen LogP contribution in [0.5, 0.6) is 5.75 Å². The Morgan fingerprint density at radius 3 is 2.78 bits per heavy atom. The fourth-order valence-corrected chi connectivity index (χ4v) is 5.03. The van der Waals surface area contributed by atoms with E-state index in [0.29, 0.717) is 40.5 Å². The number of aromatic nitrogens is 4. The summed E-state index contributed by atoms with van der Waals surface area (Å²) in [5.74, 6) is 1.13. The van der Waals surface area contributed by atoms with Gasteiger partial charge >= 0.3 is 6.09 Å². The summed E-state index contributed by atoms with van der Waals surface area (Å²) in [4.78, 5) is 32.5. The number of pyridine rings is 1. The van der Waals surface area contributed by atoms with Gasteiger partial charge in [-0.15, -0.1) is 0 Å². The number of carbonyl (C=O) groups excluding carboxylic acids is 1. The van der Waals surface area contributed by atoms with Crippen molar-refractivity contribution in [2.45, 2.75) is 45.9 Å². The Balaban J connectivity index is 1.84. The second-order valence-electron chi connectivity index (χ2n) is 8.65. The fourth-order valence-electron chi connectivity index (χ4n) is 4.27. The van der Waals surface area contributed by atoms with Crippen molar-refractivity contribution < 1.29 is 19.4 Å². The van der Waals surface area contributed by atoms with Crippen LogP contribution in [0, 0.1) is 13.8 Å². The molecular formula is C24H29N7O4S. The highest BCUT2D eigenvalue weighted by Crippen LogP contribution is 2.38. The average Bonchev–Trinajstić information content (AvgIpc) is 3.11. The third-order valence-electron chi connectivity index (χ3n) is 6.12. The maximum Gasteiger partial charge on any atom is 0.410 e. The van der Waals surface area contributed by atoms with Gasteiger partial charge in [0.2, 0.25) is 0 Å². The zero-order chi connectivity index (χ0) is 26.0. The van der Waals surface area contributed by atoms with E-state index in [1.807, 2.05) is 13.8 Å². The van der Waals surface area contributed by atoms with Gasteiger partial charge in [-0.05, 0) is 43.8 Å². The number of hydrogen-bond donors (Lipinski definition) is 2. The van der Waals surface area contributed by atoms with E-state index in [1.165, 1.54) is 16.7 Å². The number of methoxy groups -OCH3 is 1. The Morgan fingerprint density at radius 1 is 1.31 bits per heavy atom. The number of carbonyl (C=O) groups is 2. The molecule has 4 rings (SSSR count). The second kappa shape index (κ2) is 10.5. The molecule has 2 aliphatic heterocycles. The third kappa shape index (κ3) is 4.85. The number of amides is 2. The lowest BCUT2D eigenvalue weighted by atomic mass is 10.1. The minimum Gasteiger partial charge on any atom is -0.496 e. The van der Waals surface area contributed by atoms with Crippen molar-refractivity contribution >= 4 is 29.8 Å². The normalized spacial score (nSPS) is 12.8. The summed E-state index contributed by atoms with van der Waals surface area (Å²) in [7, 11) is 3.40. The molecule has 0 saturated heterocycles. The molecule has 190 valence electrons. The molecule has 1 aliphatic carbocycles. The van der Waals surface area contributed by atoms with Crippen LogP contribution < -0.4 is 10.1 Å². The van der Waals surface area contributed by atoms with E-state index in [0.717, 1.165) is 35.3 Å². The fraction of sp³-hybridized carbons (Fsp3) is 0.417. The Bertz CT molecular complexity index is 1320. The van der Waals surface area contributed by atoms with Gasteiger partial charge in [0.05, 0.1) is 18.5 Å². The van der Waals surface area contributed by atoms with E-state index >= 15 is 0 Å². The van der Waals surface area contributed by atoms with E-state index in [2.05, 4.69) is 31.8 Å². The number of nitrogens with zero attached hydrogens (tertiary/aromatic N) is 6. The minimum atomic E-state index is -1.25. The molecule has 0 unspecified atom stereocenters. The van der Waals surface area contributed by atoms with Gasteiger partial charge in [0.1, 0.15) is 18.0 Å². The van der Waals surface area contributed by atoms with E-state index in [-0.39, 0.29) is 18.3 Å². The molecule has 2 amide bonds. The SMILES string of the molecule is CCCCN(C)C(=O)c1cc2nn(Cc3ncc(C)c(OC)c3C)nc3c-2c1CSN=C3NC(=O)O. The quantitative estimate of drug-likeness (QED) is 0.460. The van der Waals surface area contributed by atoms with Crippen molar-refractivity contribution in [2.24, 2.45) is 4.40 Å². The second-order valence-corrected chi connectivity index (χ2v) is 9.38. The first kappa shape index (κ1) is 25.4. The molecule has 0 spiro atoms. The van der Waals surface area contributed by atoms with Crippen LogP contribution in [-0.2, 0) is 12.3 Å². The standard InChI is InChI=1S/C24H29N7O4S/c1-6-7-8-30(4)23(32)15-9-17-19-16(15)12-36-29-22(26-24(33)34)20(19)28-31(27-17)11-18-14(3)21(35-5)13(2)10-25-18/h9-10H,6-8,11-12H2,1-5H3,(H,26,29)(H,33,34). The lowest BCUT2D eigenvalue weighted by Crippen LogP contribution is -2.32. The molecule has 0 saturated carbocycles. The van der Waals surface area contributed by atoms with Gasteiger partial charge in [0, 0.05) is 47.8 Å². The highest BCUT2D eigenvalue weighted by molar-refractivity contribution is 7.97. The third-order valence-corrected chi connectivity index (χ3v) is 6.85. The number of nitrogens with one attached hydrogen (secondary N) is 1. The van der Waals surface area contributed by atoms with Crippen LogP contribution in [0.2, 0.25) is 0 Å². The predicted molar refractivity (Wildman–Crippen MR) is 137 cm³/mol. The summed E-state index contributed by atoms with van der Waals surface area (Å²) in [6, 6.07) is 1.76. The summed E-state index contributed by atoms with van der Waals surface area (Å²) in [6.45, 7) is 6.78. The lowest BCUT2D eigenvalue weighted by Gasteiger charge is -2.17. The van der Waals surface area contributed by atoms with Gasteiger partial charge in [-0.25, -0.2) is 4.79 Å². The smallest absolute Gasteiger partial charge is 0.410 e. The molecule has 36 heavy (non-hydrogen) atoms. The summed E-state index contributed by atoms with van der Waals surface area (Å²) >= 11 is 1.17. The van der Waals surface area contributed by atoms with Crippen LogP contribution in [0.1, 0.15) is 58.2 Å². The molecule has 3 heterocycles. The molecule has 0 bridgehead atoms. The topological polar surface area (TPSA) is 135 Å². The monoisotopic (exact) mass is 511 g/mol. The Kier molecular flexibility index (Phi) is 7.43. The van der Waals surface area contributed by atoms with Crippen molar-refractivity contribution in [2.75, 3.05) is 20.7 Å². The van der Waals surface area contributed by atoms with Gasteiger partial charge in [0.15, 0.2) is 5.84 Å². The zero-order valence-electron chi connectivity index (χ0n) is 21.0. The van der Waals surface area contributed by atoms with E-state index in [9.17, 15) is 14.7 Å². The van der Waals surface area contributed by atoms with Crippen LogP contribution in [-0.4, -0.2) is 68.5 Å². The Labute approximate surface area is 213 Å². The molecule has 0 radical (unpaired) electrons. The van der Waals surface area contributed by atoms with Crippen molar-refractivity contribution in [1.82, 2.24) is 30.2 Å². The number of amidine groups is 1. The molecular weight excluding hydrogens is 482 g/mol. The molecule has 1 aromatic heterocycles. The molecule has 0 aromatic carbocycles. The number of aryl methyl sites for hydroxylation is 1. The molecule has 0 atom stereocenters. The first-order valence-electron chi connectivity index (χ1n) is 11.6. The minimum absolute atomic E-state index is 0.0995. The van der Waals surface area contributed by atoms with Crippen LogP contribution in [0.25, 0.3) is 11.3 Å². The average molecular weight is 512 g/mol. The maximum atomic E-state index is 13.3. The van der Waals surface area contributed by atoms with Crippen LogP contribution in [0.15, 0.2) is 16.7 Å². The summed E-state index contributed by atoms with van der Waals surface area (Å²) in [6.07, 6.45) is 2.36. The van der Waals surface area contributed by atoms with Gasteiger partial charge in [-0.3, -0.25) is 15.1 Å². The van der Waals surface area contributed by atoms with Gasteiger partial charge in [0.25, 0.3) is 5.91 Å². The van der Waals surface area contributed by atoms with Crippen molar-refractivity contribution in [3.8, 4) is 17.0 Å². The van der Waals surface area contributed by atoms with Crippen LogP contribution in [0.4, 0.5) is 4.79 Å². The number of hydrogen-bond acceptors (Lipinski definition) is 8. The number of carboxylic acid groups (broad SMARTS) is 1. The summed E-state index contributed by atoms with van der Waals surface area (Å²) in [5, 5.41) is 21.1. The van der Waals surface area contributed by atoms with Crippen LogP contribution >= 0.6 is 11.9 Å². The van der Waals surface area contributed by atoms with Crippen LogP contribution in [0.3, 0.4) is 0 Å². The number of rotatable bonds is 7. The van der Waals surface area contributed by atoms with E-state index < -0.39 is 6.09 Å². The van der Waals surface area contributed by atoms with Gasteiger partial charge in [-0.1, -0.05) is 13.3 Å². The number of ether oxygens (including phenoxy) is 1. The van der Waals surface area contributed by atoms with Crippen molar-refractivity contribution in [3.63, 3.8) is 0 Å². The molecule has 0 fully saturated rings. The van der Waals surface area contributed by atoms with Gasteiger partial charge < -0.3 is 14.7 Å². The maximum absolute atomic E-state index is 13.3. The van der Waals surface area contributed by atoms with E-state index in [4.69, 9.17) is 4.74 Å². The molecule has 3 aliphatic rings. The first-order valence-corrected chi connectivity index (χ1v) is 12.5. The molecule has 2 N–H and O–H groups in total. The van der Waals surface area contributed by atoms with E-state index in [1.54, 1.807) is 31.3 Å². The first-order chi connectivity index (χ1) is 17.2. The van der Waals surface area contributed by atoms with Crippen molar-refractivity contribution in [3.05, 3.63) is 45.9 Å². The Hall–Kier alpha value is -3.67.